The van der Waals surface area contributed by atoms with Crippen molar-refractivity contribution in [1.82, 2.24) is 5.32 Å². The minimum Gasteiger partial charge on any atom is -0.492 e. The molecule has 160 valence electrons. The van der Waals surface area contributed by atoms with Gasteiger partial charge in [-0.25, -0.2) is 0 Å². The number of benzene rings is 3. The second-order valence-corrected chi connectivity index (χ2v) is 7.28. The number of anilines is 1. The van der Waals surface area contributed by atoms with Crippen LogP contribution < -0.4 is 15.4 Å². The van der Waals surface area contributed by atoms with Crippen LogP contribution in [-0.2, 0) is 4.79 Å². The van der Waals surface area contributed by atoms with Crippen LogP contribution in [-0.4, -0.2) is 24.0 Å². The lowest BCUT2D eigenvalue weighted by atomic mass is 10.1. The van der Waals surface area contributed by atoms with Gasteiger partial charge in [0, 0.05) is 18.7 Å². The highest BCUT2D eigenvalue weighted by Gasteiger charge is 2.21. The maximum Gasteiger partial charge on any atom is 0.271 e. The van der Waals surface area contributed by atoms with E-state index in [1.807, 2.05) is 61.5 Å². The van der Waals surface area contributed by atoms with E-state index in [2.05, 4.69) is 10.6 Å². The van der Waals surface area contributed by atoms with Gasteiger partial charge in [0.15, 0.2) is 0 Å². The van der Waals surface area contributed by atoms with E-state index in [1.54, 1.807) is 0 Å². The van der Waals surface area contributed by atoms with Gasteiger partial charge in [0.25, 0.3) is 5.69 Å². The average molecular weight is 440 g/mol. The molecule has 3 aromatic rings. The molecule has 0 spiro atoms. The fourth-order valence-electron chi connectivity index (χ4n) is 2.94. The Morgan fingerprint density at radius 2 is 1.81 bits per heavy atom. The molecular weight excluding hydrogens is 418 g/mol. The molecule has 3 rings (SSSR count). The molecule has 1 amide bonds. The molecule has 0 radical (unpaired) electrons. The van der Waals surface area contributed by atoms with Gasteiger partial charge in [-0.2, -0.15) is 0 Å². The molecule has 7 nitrogen and oxygen atoms in total. The number of hydrogen-bond acceptors (Lipinski definition) is 5. The summed E-state index contributed by atoms with van der Waals surface area (Å²) in [5.74, 6) is 0.420. The quantitative estimate of drug-likeness (QED) is 0.281. The normalized spacial score (nSPS) is 11.5. The van der Waals surface area contributed by atoms with E-state index in [-0.39, 0.29) is 16.6 Å². The van der Waals surface area contributed by atoms with E-state index < -0.39 is 11.0 Å². The number of nitro benzene ring substituents is 1. The summed E-state index contributed by atoms with van der Waals surface area (Å²) in [7, 11) is 0. The van der Waals surface area contributed by atoms with Crippen molar-refractivity contribution in [3.63, 3.8) is 0 Å². The molecule has 3 aromatic carbocycles. The lowest BCUT2D eigenvalue weighted by Gasteiger charge is -2.19. The first kappa shape index (κ1) is 22.3. The molecule has 0 heterocycles. The van der Waals surface area contributed by atoms with E-state index in [4.69, 9.17) is 16.3 Å². The number of halogens is 1. The van der Waals surface area contributed by atoms with Crippen LogP contribution in [0.15, 0.2) is 72.8 Å². The summed E-state index contributed by atoms with van der Waals surface area (Å²) in [6.45, 7) is 2.80. The Bertz CT molecular complexity index is 1040. The number of non-ortho nitro benzene ring substituents is 1. The first-order valence-electron chi connectivity index (χ1n) is 9.66. The molecule has 0 aromatic heterocycles. The van der Waals surface area contributed by atoms with Crippen LogP contribution in [0.2, 0.25) is 5.02 Å². The van der Waals surface area contributed by atoms with Gasteiger partial charge in [-0.15, -0.1) is 0 Å². The monoisotopic (exact) mass is 439 g/mol. The van der Waals surface area contributed by atoms with Crippen molar-refractivity contribution in [2.75, 3.05) is 18.5 Å². The summed E-state index contributed by atoms with van der Waals surface area (Å²) in [5, 5.41) is 16.9. The average Bonchev–Trinajstić information content (AvgIpc) is 2.76. The van der Waals surface area contributed by atoms with Crippen molar-refractivity contribution in [2.24, 2.45) is 0 Å². The largest absolute Gasteiger partial charge is 0.492 e. The van der Waals surface area contributed by atoms with Crippen LogP contribution in [0.5, 0.6) is 5.75 Å². The molecular formula is C23H22ClN3O4. The van der Waals surface area contributed by atoms with Crippen LogP contribution in [0.4, 0.5) is 11.4 Å². The minimum atomic E-state index is -0.658. The molecule has 0 unspecified atom stereocenters. The number of aryl methyl sites for hydroxylation is 1. The Hall–Kier alpha value is -3.42. The Labute approximate surface area is 185 Å². The Morgan fingerprint density at radius 3 is 2.45 bits per heavy atom. The third kappa shape index (κ3) is 6.28. The van der Waals surface area contributed by atoms with Crippen molar-refractivity contribution in [1.29, 1.82) is 0 Å². The molecule has 0 aliphatic rings. The number of nitrogens with zero attached hydrogens (tertiary/aromatic N) is 1. The van der Waals surface area contributed by atoms with Crippen molar-refractivity contribution in [3.8, 4) is 5.75 Å². The zero-order chi connectivity index (χ0) is 22.2. The maximum atomic E-state index is 13.0. The molecule has 2 N–H and O–H groups in total. The number of nitrogens with one attached hydrogen (secondary N) is 2. The van der Waals surface area contributed by atoms with Crippen molar-refractivity contribution >= 4 is 28.9 Å². The predicted octanol–water partition coefficient (Wildman–Crippen LogP) is 4.91. The van der Waals surface area contributed by atoms with Gasteiger partial charge in [0.2, 0.25) is 5.91 Å². The number of amides is 1. The topological polar surface area (TPSA) is 93.5 Å². The molecule has 1 atom stereocenters. The van der Waals surface area contributed by atoms with Crippen molar-refractivity contribution in [3.05, 3.63) is 99.1 Å². The summed E-state index contributed by atoms with van der Waals surface area (Å²) >= 11 is 6.11. The highest BCUT2D eigenvalue weighted by atomic mass is 35.5. The van der Waals surface area contributed by atoms with Gasteiger partial charge in [-0.1, -0.05) is 59.6 Å². The number of nitro groups is 1. The Kier molecular flexibility index (Phi) is 7.59. The first-order valence-corrected chi connectivity index (χ1v) is 10.0. The lowest BCUT2D eigenvalue weighted by Crippen LogP contribution is -2.35. The van der Waals surface area contributed by atoms with Crippen LogP contribution >= 0.6 is 11.6 Å². The molecule has 0 bridgehead atoms. The number of carbonyl (C=O) groups is 1. The number of hydrogen-bond donors (Lipinski definition) is 2. The molecule has 0 aliphatic heterocycles. The van der Waals surface area contributed by atoms with Gasteiger partial charge in [0.1, 0.15) is 18.4 Å². The van der Waals surface area contributed by atoms with Crippen molar-refractivity contribution < 1.29 is 14.5 Å². The van der Waals surface area contributed by atoms with Gasteiger partial charge in [-0.3, -0.25) is 20.2 Å². The molecule has 0 saturated heterocycles. The second-order valence-electron chi connectivity index (χ2n) is 6.87. The molecule has 0 saturated carbocycles. The number of carbonyl (C=O) groups excluding carboxylic acids is 1. The van der Waals surface area contributed by atoms with Gasteiger partial charge < -0.3 is 10.1 Å². The third-order valence-electron chi connectivity index (χ3n) is 4.56. The van der Waals surface area contributed by atoms with Crippen LogP contribution in [0, 0.1) is 17.0 Å². The first-order chi connectivity index (χ1) is 14.9. The van der Waals surface area contributed by atoms with E-state index >= 15 is 0 Å². The van der Waals surface area contributed by atoms with Gasteiger partial charge in [0.05, 0.1) is 15.6 Å². The smallest absolute Gasteiger partial charge is 0.271 e. The van der Waals surface area contributed by atoms with E-state index in [0.717, 1.165) is 16.9 Å². The summed E-state index contributed by atoms with van der Waals surface area (Å²) in [6, 6.07) is 20.2. The van der Waals surface area contributed by atoms with Gasteiger partial charge in [-0.05, 0) is 30.7 Å². The zero-order valence-corrected chi connectivity index (χ0v) is 17.6. The Morgan fingerprint density at radius 1 is 1.10 bits per heavy atom. The maximum absolute atomic E-state index is 13.0. The van der Waals surface area contributed by atoms with E-state index in [1.165, 1.54) is 18.2 Å². The standard InChI is InChI=1S/C23H22ClN3O4/c1-16-7-10-19(11-8-16)31-14-13-25-22(17-5-3-2-4-6-17)23(28)26-21-12-9-18(27(29)30)15-20(21)24/h2-12,15,22,25H,13-14H2,1H3,(H,26,28)/t22-/m0/s1. The highest BCUT2D eigenvalue weighted by molar-refractivity contribution is 6.34. The fraction of sp³-hybridized carbons (Fsp3) is 0.174. The number of rotatable bonds is 9. The Balaban J connectivity index is 1.66. The summed E-state index contributed by atoms with van der Waals surface area (Å²) in [6.07, 6.45) is 0. The van der Waals surface area contributed by atoms with E-state index in [0.29, 0.717) is 18.8 Å². The van der Waals surface area contributed by atoms with Crippen LogP contribution in [0.3, 0.4) is 0 Å². The molecule has 8 heteroatoms. The lowest BCUT2D eigenvalue weighted by molar-refractivity contribution is -0.384. The molecule has 0 aliphatic carbocycles. The van der Waals surface area contributed by atoms with Crippen molar-refractivity contribution in [2.45, 2.75) is 13.0 Å². The molecule has 31 heavy (non-hydrogen) atoms. The highest BCUT2D eigenvalue weighted by Crippen LogP contribution is 2.27. The zero-order valence-electron chi connectivity index (χ0n) is 16.9. The van der Waals surface area contributed by atoms with E-state index in [9.17, 15) is 14.9 Å². The SMILES string of the molecule is Cc1ccc(OCCN[C@H](C(=O)Nc2ccc([N+](=O)[O-])cc2Cl)c2ccccc2)cc1. The summed E-state index contributed by atoms with van der Waals surface area (Å²) < 4.78 is 5.72. The predicted molar refractivity (Wildman–Crippen MR) is 121 cm³/mol. The minimum absolute atomic E-state index is 0.0945. The second kappa shape index (κ2) is 10.6. The summed E-state index contributed by atoms with van der Waals surface area (Å²) in [5.41, 5.74) is 2.08. The van der Waals surface area contributed by atoms with Crippen LogP contribution in [0.1, 0.15) is 17.2 Å². The molecule has 0 fully saturated rings. The fourth-order valence-corrected chi connectivity index (χ4v) is 3.16. The van der Waals surface area contributed by atoms with Gasteiger partial charge >= 0.3 is 0 Å². The number of ether oxygens (including phenoxy) is 1. The summed E-state index contributed by atoms with van der Waals surface area (Å²) in [4.78, 5) is 23.3. The third-order valence-corrected chi connectivity index (χ3v) is 4.87. The van der Waals surface area contributed by atoms with Crippen LogP contribution in [0.25, 0.3) is 0 Å².